The third kappa shape index (κ3) is 5.16. The van der Waals surface area contributed by atoms with E-state index in [9.17, 15) is 14.4 Å². The molecular weight excluding hydrogens is 452 g/mol. The third-order valence-electron chi connectivity index (χ3n) is 6.96. The molecule has 1 fully saturated rings. The molecule has 2 N–H and O–H groups in total. The Morgan fingerprint density at radius 2 is 1.39 bits per heavy atom. The highest BCUT2D eigenvalue weighted by molar-refractivity contribution is 6.09. The number of carbonyl (C=O) groups is 3. The summed E-state index contributed by atoms with van der Waals surface area (Å²) >= 11 is 0. The number of carbonyl (C=O) groups excluding carboxylic acids is 3. The molecule has 3 amide bonds. The van der Waals surface area contributed by atoms with Gasteiger partial charge in [-0.3, -0.25) is 19.3 Å². The van der Waals surface area contributed by atoms with E-state index >= 15 is 0 Å². The second kappa shape index (κ2) is 10.7. The zero-order valence-corrected chi connectivity index (χ0v) is 20.1. The molecule has 0 saturated carbocycles. The summed E-state index contributed by atoms with van der Waals surface area (Å²) in [6.45, 7) is 2.78. The molecule has 184 valence electrons. The largest absolute Gasteiger partial charge is 0.340 e. The fourth-order valence-corrected chi connectivity index (χ4v) is 5.05. The number of rotatable bonds is 6. The Bertz CT molecular complexity index is 1180. The van der Waals surface area contributed by atoms with Crippen LogP contribution in [0, 0.1) is 0 Å². The first-order valence-electron chi connectivity index (χ1n) is 12.4. The van der Waals surface area contributed by atoms with Crippen molar-refractivity contribution in [1.29, 1.82) is 0 Å². The van der Waals surface area contributed by atoms with Crippen LogP contribution in [0.4, 0.5) is 5.69 Å². The molecule has 7 nitrogen and oxygen atoms in total. The lowest BCUT2D eigenvalue weighted by molar-refractivity contribution is -0.133. The molecule has 3 aromatic carbocycles. The second-order valence-corrected chi connectivity index (χ2v) is 9.24. The van der Waals surface area contributed by atoms with Gasteiger partial charge < -0.3 is 15.5 Å². The summed E-state index contributed by atoms with van der Waals surface area (Å²) < 4.78 is 0. The van der Waals surface area contributed by atoms with Crippen molar-refractivity contribution in [2.45, 2.75) is 24.9 Å². The van der Waals surface area contributed by atoms with Gasteiger partial charge in [-0.05, 0) is 29.7 Å². The molecular formula is C29H30N4O3. The third-order valence-corrected chi connectivity index (χ3v) is 6.96. The van der Waals surface area contributed by atoms with Crippen LogP contribution in [0.2, 0.25) is 0 Å². The molecule has 2 aliphatic heterocycles. The summed E-state index contributed by atoms with van der Waals surface area (Å²) in [5, 5.41) is 5.57. The van der Waals surface area contributed by atoms with Crippen LogP contribution in [0.5, 0.6) is 0 Å². The van der Waals surface area contributed by atoms with E-state index < -0.39 is 6.04 Å². The van der Waals surface area contributed by atoms with Gasteiger partial charge in [0.15, 0.2) is 0 Å². The van der Waals surface area contributed by atoms with Crippen molar-refractivity contribution in [3.63, 3.8) is 0 Å². The van der Waals surface area contributed by atoms with Gasteiger partial charge in [-0.25, -0.2) is 0 Å². The van der Waals surface area contributed by atoms with Crippen LogP contribution in [0.1, 0.15) is 40.4 Å². The number of para-hydroxylation sites is 1. The summed E-state index contributed by atoms with van der Waals surface area (Å²) in [5.41, 5.74) is 3.40. The quantitative estimate of drug-likeness (QED) is 0.564. The van der Waals surface area contributed by atoms with Gasteiger partial charge >= 0.3 is 0 Å². The van der Waals surface area contributed by atoms with Crippen molar-refractivity contribution in [2.75, 3.05) is 31.5 Å². The van der Waals surface area contributed by atoms with Crippen molar-refractivity contribution in [3.05, 3.63) is 102 Å². The maximum Gasteiger partial charge on any atom is 0.254 e. The normalized spacial score (nSPS) is 18.2. The average Bonchev–Trinajstić information content (AvgIpc) is 3.04. The molecule has 1 saturated heterocycles. The molecule has 1 atom stereocenters. The van der Waals surface area contributed by atoms with Crippen LogP contribution in [-0.2, 0) is 9.59 Å². The first-order valence-corrected chi connectivity index (χ1v) is 12.4. The molecule has 0 aromatic heterocycles. The van der Waals surface area contributed by atoms with E-state index in [1.807, 2.05) is 17.0 Å². The SMILES string of the molecule is O=C1N[C@H](CCC(=O)N2CCN(C(c3ccccc3)c3ccccc3)CC2)C(=O)Nc2ccccc21. The van der Waals surface area contributed by atoms with E-state index in [0.717, 1.165) is 13.1 Å². The standard InChI is InChI=1S/C29H30N4O3/c34-26(16-15-25-29(36)30-24-14-8-7-13-23(24)28(35)31-25)32-17-19-33(20-18-32)27(21-9-3-1-4-10-21)22-11-5-2-6-12-22/h1-14,25,27H,15-20H2,(H,30,36)(H,31,35)/t25-/m1/s1. The van der Waals surface area contributed by atoms with Gasteiger partial charge in [0, 0.05) is 32.6 Å². The number of anilines is 1. The lowest BCUT2D eigenvalue weighted by Crippen LogP contribution is -2.50. The van der Waals surface area contributed by atoms with Gasteiger partial charge in [0.2, 0.25) is 11.8 Å². The van der Waals surface area contributed by atoms with Gasteiger partial charge in [0.1, 0.15) is 6.04 Å². The summed E-state index contributed by atoms with van der Waals surface area (Å²) in [5.74, 6) is -0.586. The number of fused-ring (bicyclic) bond motifs is 1. The highest BCUT2D eigenvalue weighted by atomic mass is 16.2. The number of nitrogens with one attached hydrogen (secondary N) is 2. The minimum Gasteiger partial charge on any atom is -0.340 e. The van der Waals surface area contributed by atoms with Crippen LogP contribution in [0.25, 0.3) is 0 Å². The zero-order valence-electron chi connectivity index (χ0n) is 20.1. The predicted molar refractivity (Wildman–Crippen MR) is 138 cm³/mol. The average molecular weight is 483 g/mol. The van der Waals surface area contributed by atoms with Crippen molar-refractivity contribution >= 4 is 23.4 Å². The number of piperazine rings is 1. The van der Waals surface area contributed by atoms with Gasteiger partial charge in [-0.1, -0.05) is 72.8 Å². The van der Waals surface area contributed by atoms with Gasteiger partial charge in [0.25, 0.3) is 5.91 Å². The molecule has 0 spiro atoms. The maximum atomic E-state index is 13.0. The van der Waals surface area contributed by atoms with Crippen molar-refractivity contribution in [1.82, 2.24) is 15.1 Å². The molecule has 7 heteroatoms. The van der Waals surface area contributed by atoms with Crippen molar-refractivity contribution in [2.24, 2.45) is 0 Å². The number of amides is 3. The second-order valence-electron chi connectivity index (χ2n) is 9.24. The Morgan fingerprint density at radius 3 is 2.03 bits per heavy atom. The molecule has 0 radical (unpaired) electrons. The fourth-order valence-electron chi connectivity index (χ4n) is 5.05. The minimum atomic E-state index is -0.740. The molecule has 0 aliphatic carbocycles. The topological polar surface area (TPSA) is 81.8 Å². The van der Waals surface area contributed by atoms with Crippen molar-refractivity contribution < 1.29 is 14.4 Å². The summed E-state index contributed by atoms with van der Waals surface area (Å²) in [6.07, 6.45) is 0.469. The van der Waals surface area contributed by atoms with Crippen molar-refractivity contribution in [3.8, 4) is 0 Å². The van der Waals surface area contributed by atoms with E-state index in [1.54, 1.807) is 24.3 Å². The lowest BCUT2D eigenvalue weighted by atomic mass is 9.96. The van der Waals surface area contributed by atoms with Gasteiger partial charge in [0.05, 0.1) is 17.3 Å². The Labute approximate surface area is 211 Å². The van der Waals surface area contributed by atoms with Gasteiger partial charge in [-0.2, -0.15) is 0 Å². The molecule has 36 heavy (non-hydrogen) atoms. The Kier molecular flexibility index (Phi) is 7.09. The lowest BCUT2D eigenvalue weighted by Gasteiger charge is -2.40. The molecule has 3 aromatic rings. The Balaban J connectivity index is 1.19. The summed E-state index contributed by atoms with van der Waals surface area (Å²) in [4.78, 5) is 42.5. The van der Waals surface area contributed by atoms with Crippen LogP contribution in [0.3, 0.4) is 0 Å². The first kappa shape index (κ1) is 23.8. The highest BCUT2D eigenvalue weighted by Crippen LogP contribution is 2.29. The molecule has 0 bridgehead atoms. The Hall–Kier alpha value is -3.97. The molecule has 0 unspecified atom stereocenters. The monoisotopic (exact) mass is 482 g/mol. The smallest absolute Gasteiger partial charge is 0.254 e. The molecule has 5 rings (SSSR count). The number of nitrogens with zero attached hydrogens (tertiary/aromatic N) is 2. The van der Waals surface area contributed by atoms with E-state index in [0.29, 0.717) is 24.3 Å². The van der Waals surface area contributed by atoms with Crippen LogP contribution in [-0.4, -0.2) is 59.7 Å². The Morgan fingerprint density at radius 1 is 0.806 bits per heavy atom. The highest BCUT2D eigenvalue weighted by Gasteiger charge is 2.31. The number of benzene rings is 3. The minimum absolute atomic E-state index is 0.00873. The van der Waals surface area contributed by atoms with Crippen LogP contribution < -0.4 is 10.6 Å². The van der Waals surface area contributed by atoms with E-state index in [1.165, 1.54) is 11.1 Å². The number of hydrogen-bond acceptors (Lipinski definition) is 4. The maximum absolute atomic E-state index is 13.0. The first-order chi connectivity index (χ1) is 17.6. The van der Waals surface area contributed by atoms with E-state index in [-0.39, 0.29) is 36.6 Å². The molecule has 2 heterocycles. The molecule has 2 aliphatic rings. The summed E-state index contributed by atoms with van der Waals surface area (Å²) in [6, 6.07) is 27.2. The van der Waals surface area contributed by atoms with Crippen LogP contribution >= 0.6 is 0 Å². The predicted octanol–water partition coefficient (Wildman–Crippen LogP) is 3.45. The van der Waals surface area contributed by atoms with Crippen LogP contribution in [0.15, 0.2) is 84.9 Å². The van der Waals surface area contributed by atoms with E-state index in [2.05, 4.69) is 64.1 Å². The fraction of sp³-hybridized carbons (Fsp3) is 0.276. The van der Waals surface area contributed by atoms with Gasteiger partial charge in [-0.15, -0.1) is 0 Å². The zero-order chi connectivity index (χ0) is 24.9. The number of hydrogen-bond donors (Lipinski definition) is 2. The van der Waals surface area contributed by atoms with E-state index in [4.69, 9.17) is 0 Å². The summed E-state index contributed by atoms with van der Waals surface area (Å²) in [7, 11) is 0.